The van der Waals surface area contributed by atoms with Crippen molar-refractivity contribution in [2.45, 2.75) is 44.4 Å². The molecule has 0 aromatic heterocycles. The van der Waals surface area contributed by atoms with E-state index in [0.717, 1.165) is 31.2 Å². The summed E-state index contributed by atoms with van der Waals surface area (Å²) in [6.07, 6.45) is 4.46. The minimum atomic E-state index is -0.902. The number of rotatable bonds is 4. The Morgan fingerprint density at radius 1 is 1.33 bits per heavy atom. The lowest BCUT2D eigenvalue weighted by molar-refractivity contribution is 0.0122. The second-order valence-electron chi connectivity index (χ2n) is 4.86. The molecule has 1 aromatic carbocycles. The first kappa shape index (κ1) is 13.1. The SMILES string of the molecule is NC1CCCC(OCc2ccc(C(=O)O)cc2)C1. The number of carboxylic acid groups (broad SMARTS) is 1. The van der Waals surface area contributed by atoms with Crippen molar-refractivity contribution in [3.63, 3.8) is 0 Å². The normalized spacial score (nSPS) is 23.8. The number of carbonyl (C=O) groups is 1. The van der Waals surface area contributed by atoms with Gasteiger partial charge in [0.15, 0.2) is 0 Å². The minimum Gasteiger partial charge on any atom is -0.478 e. The van der Waals surface area contributed by atoms with Gasteiger partial charge in [0, 0.05) is 6.04 Å². The molecular formula is C14H19NO3. The van der Waals surface area contributed by atoms with Crippen molar-refractivity contribution in [2.75, 3.05) is 0 Å². The highest BCUT2D eigenvalue weighted by molar-refractivity contribution is 5.87. The van der Waals surface area contributed by atoms with Crippen molar-refractivity contribution in [1.29, 1.82) is 0 Å². The Bertz CT molecular complexity index is 402. The average Bonchev–Trinajstić information content (AvgIpc) is 2.37. The molecule has 2 rings (SSSR count). The van der Waals surface area contributed by atoms with Gasteiger partial charge in [-0.05, 0) is 43.4 Å². The second kappa shape index (κ2) is 5.98. The van der Waals surface area contributed by atoms with Crippen LogP contribution in [0.15, 0.2) is 24.3 Å². The van der Waals surface area contributed by atoms with E-state index in [1.165, 1.54) is 0 Å². The first-order valence-corrected chi connectivity index (χ1v) is 6.34. The Morgan fingerprint density at radius 3 is 2.67 bits per heavy atom. The van der Waals surface area contributed by atoms with E-state index in [4.69, 9.17) is 15.6 Å². The summed E-state index contributed by atoms with van der Waals surface area (Å²) in [5, 5.41) is 8.79. The molecule has 0 bridgehead atoms. The summed E-state index contributed by atoms with van der Waals surface area (Å²) in [7, 11) is 0. The van der Waals surface area contributed by atoms with E-state index in [1.807, 2.05) is 0 Å². The highest BCUT2D eigenvalue weighted by atomic mass is 16.5. The van der Waals surface area contributed by atoms with Gasteiger partial charge >= 0.3 is 5.97 Å². The van der Waals surface area contributed by atoms with Gasteiger partial charge in [0.2, 0.25) is 0 Å². The molecule has 0 saturated heterocycles. The van der Waals surface area contributed by atoms with Crippen LogP contribution in [-0.2, 0) is 11.3 Å². The van der Waals surface area contributed by atoms with Crippen molar-refractivity contribution in [1.82, 2.24) is 0 Å². The fourth-order valence-corrected chi connectivity index (χ4v) is 2.29. The molecule has 1 aliphatic rings. The molecule has 1 aromatic rings. The zero-order chi connectivity index (χ0) is 13.0. The summed E-state index contributed by atoms with van der Waals surface area (Å²) in [4.78, 5) is 10.7. The first-order valence-electron chi connectivity index (χ1n) is 6.34. The zero-order valence-corrected chi connectivity index (χ0v) is 10.3. The molecule has 4 heteroatoms. The van der Waals surface area contributed by atoms with E-state index >= 15 is 0 Å². The molecule has 98 valence electrons. The van der Waals surface area contributed by atoms with Gasteiger partial charge in [-0.15, -0.1) is 0 Å². The molecule has 1 fully saturated rings. The van der Waals surface area contributed by atoms with E-state index in [-0.39, 0.29) is 12.1 Å². The Hall–Kier alpha value is -1.39. The van der Waals surface area contributed by atoms with Gasteiger partial charge in [-0.25, -0.2) is 4.79 Å². The predicted molar refractivity (Wildman–Crippen MR) is 68.4 cm³/mol. The summed E-state index contributed by atoms with van der Waals surface area (Å²) in [6, 6.07) is 7.07. The lowest BCUT2D eigenvalue weighted by Crippen LogP contribution is -2.32. The van der Waals surface area contributed by atoms with Crippen LogP contribution in [0.1, 0.15) is 41.6 Å². The Labute approximate surface area is 107 Å². The minimum absolute atomic E-state index is 0.243. The number of carboxylic acids is 1. The smallest absolute Gasteiger partial charge is 0.335 e. The van der Waals surface area contributed by atoms with Crippen LogP contribution in [0, 0.1) is 0 Å². The van der Waals surface area contributed by atoms with Crippen LogP contribution < -0.4 is 5.73 Å². The molecule has 0 aliphatic heterocycles. The first-order chi connectivity index (χ1) is 8.65. The maximum Gasteiger partial charge on any atom is 0.335 e. The van der Waals surface area contributed by atoms with Crippen LogP contribution in [0.5, 0.6) is 0 Å². The van der Waals surface area contributed by atoms with E-state index in [9.17, 15) is 4.79 Å². The molecule has 0 spiro atoms. The molecule has 0 heterocycles. The molecule has 2 atom stereocenters. The number of hydrogen-bond acceptors (Lipinski definition) is 3. The lowest BCUT2D eigenvalue weighted by Gasteiger charge is -2.26. The van der Waals surface area contributed by atoms with Gasteiger partial charge in [0.25, 0.3) is 0 Å². The highest BCUT2D eigenvalue weighted by Crippen LogP contribution is 2.21. The quantitative estimate of drug-likeness (QED) is 0.857. The maximum absolute atomic E-state index is 10.7. The standard InChI is InChI=1S/C14H19NO3/c15-12-2-1-3-13(8-12)18-9-10-4-6-11(7-5-10)14(16)17/h4-7,12-13H,1-3,8-9,15H2,(H,16,17). The fraction of sp³-hybridized carbons (Fsp3) is 0.500. The van der Waals surface area contributed by atoms with Crippen molar-refractivity contribution >= 4 is 5.97 Å². The van der Waals surface area contributed by atoms with Crippen LogP contribution in [-0.4, -0.2) is 23.2 Å². The van der Waals surface area contributed by atoms with Gasteiger partial charge < -0.3 is 15.6 Å². The molecule has 1 saturated carbocycles. The topological polar surface area (TPSA) is 72.5 Å². The van der Waals surface area contributed by atoms with Gasteiger partial charge in [0.05, 0.1) is 18.3 Å². The molecule has 0 amide bonds. The number of benzene rings is 1. The molecule has 18 heavy (non-hydrogen) atoms. The monoisotopic (exact) mass is 249 g/mol. The van der Waals surface area contributed by atoms with Gasteiger partial charge in [-0.1, -0.05) is 12.1 Å². The van der Waals surface area contributed by atoms with Gasteiger partial charge in [-0.2, -0.15) is 0 Å². The van der Waals surface area contributed by atoms with Crippen LogP contribution >= 0.6 is 0 Å². The molecular weight excluding hydrogens is 230 g/mol. The molecule has 4 nitrogen and oxygen atoms in total. The third kappa shape index (κ3) is 3.55. The van der Waals surface area contributed by atoms with E-state index in [0.29, 0.717) is 12.2 Å². The Kier molecular flexibility index (Phi) is 4.33. The lowest BCUT2D eigenvalue weighted by atomic mass is 9.93. The van der Waals surface area contributed by atoms with Crippen LogP contribution in [0.4, 0.5) is 0 Å². The van der Waals surface area contributed by atoms with Crippen LogP contribution in [0.3, 0.4) is 0 Å². The molecule has 0 radical (unpaired) electrons. The molecule has 3 N–H and O–H groups in total. The summed E-state index contributed by atoms with van der Waals surface area (Å²) in [6.45, 7) is 0.525. The van der Waals surface area contributed by atoms with Crippen LogP contribution in [0.2, 0.25) is 0 Å². The third-order valence-electron chi connectivity index (χ3n) is 3.35. The van der Waals surface area contributed by atoms with Gasteiger partial charge in [-0.3, -0.25) is 0 Å². The van der Waals surface area contributed by atoms with Crippen LogP contribution in [0.25, 0.3) is 0 Å². The van der Waals surface area contributed by atoms with Crippen molar-refractivity contribution < 1.29 is 14.6 Å². The largest absolute Gasteiger partial charge is 0.478 e. The number of nitrogens with two attached hydrogens (primary N) is 1. The number of aromatic carboxylic acids is 1. The van der Waals surface area contributed by atoms with E-state index in [1.54, 1.807) is 24.3 Å². The summed E-state index contributed by atoms with van der Waals surface area (Å²) in [5.41, 5.74) is 7.21. The highest BCUT2D eigenvalue weighted by Gasteiger charge is 2.19. The van der Waals surface area contributed by atoms with Crippen molar-refractivity contribution in [3.8, 4) is 0 Å². The van der Waals surface area contributed by atoms with E-state index < -0.39 is 5.97 Å². The average molecular weight is 249 g/mol. The Morgan fingerprint density at radius 2 is 2.06 bits per heavy atom. The predicted octanol–water partition coefficient (Wildman–Crippen LogP) is 2.17. The summed E-state index contributed by atoms with van der Waals surface area (Å²) >= 11 is 0. The Balaban J connectivity index is 1.84. The maximum atomic E-state index is 10.7. The van der Waals surface area contributed by atoms with Gasteiger partial charge in [0.1, 0.15) is 0 Å². The molecule has 2 unspecified atom stereocenters. The number of ether oxygens (including phenoxy) is 1. The van der Waals surface area contributed by atoms with E-state index in [2.05, 4.69) is 0 Å². The summed E-state index contributed by atoms with van der Waals surface area (Å²) < 4.78 is 5.81. The second-order valence-corrected chi connectivity index (χ2v) is 4.86. The van der Waals surface area contributed by atoms with Crippen molar-refractivity contribution in [3.05, 3.63) is 35.4 Å². The van der Waals surface area contributed by atoms with Crippen molar-refractivity contribution in [2.24, 2.45) is 5.73 Å². The molecule has 1 aliphatic carbocycles. The zero-order valence-electron chi connectivity index (χ0n) is 10.3. The number of hydrogen-bond donors (Lipinski definition) is 2. The fourth-order valence-electron chi connectivity index (χ4n) is 2.29. The summed E-state index contributed by atoms with van der Waals surface area (Å²) in [5.74, 6) is -0.902. The third-order valence-corrected chi connectivity index (χ3v) is 3.35.